The van der Waals surface area contributed by atoms with E-state index in [-0.39, 0.29) is 57.0 Å². The predicted octanol–water partition coefficient (Wildman–Crippen LogP) is 2.52. The fourth-order valence-electron chi connectivity index (χ4n) is 10.5. The zero-order valence-corrected chi connectivity index (χ0v) is 48.7. The summed E-state index contributed by atoms with van der Waals surface area (Å²) in [7, 11) is 4.26. The molecule has 79 heavy (non-hydrogen) atoms. The number of fused-ring (bicyclic) bond motifs is 1. The fraction of sp³-hybridized carbons (Fsp3) is 0.702. The molecule has 0 unspecified atom stereocenters. The molecule has 22 nitrogen and oxygen atoms in total. The second-order valence-corrected chi connectivity index (χ2v) is 22.8. The van der Waals surface area contributed by atoms with Crippen molar-refractivity contribution < 1.29 is 72.1 Å². The number of carbonyl (C=O) groups excluding carboxylic acids is 11. The number of carbonyl (C=O) groups is 11. The second-order valence-electron chi connectivity index (χ2n) is 22.8. The quantitative estimate of drug-likeness (QED) is 0.112. The van der Waals surface area contributed by atoms with E-state index in [2.05, 4.69) is 16.0 Å². The van der Waals surface area contributed by atoms with Gasteiger partial charge in [-0.3, -0.25) is 47.9 Å². The van der Waals surface area contributed by atoms with Crippen LogP contribution in [0, 0.1) is 29.6 Å². The van der Waals surface area contributed by atoms with E-state index in [4.69, 9.17) is 14.2 Å². The number of aliphatic hydroxyl groups is 1. The molecule has 0 saturated carbocycles. The van der Waals surface area contributed by atoms with Gasteiger partial charge in [0, 0.05) is 40.5 Å². The number of methoxy groups -OCH3 is 1. The minimum atomic E-state index is -1.78. The van der Waals surface area contributed by atoms with Crippen molar-refractivity contribution in [3.63, 3.8) is 0 Å². The SMILES string of the molecule is CC[C@H](C)[C@H]1NC(=O)[C@@H](NC(=O)[C@@H](CC(C)C)N(C)C(=O)[C@@H]2CCCN2C(=O)C(C)=O)[C@@H](C)OC(=O)[C@H](Cc2ccc(OC)cc2)N(C)C(=O)[C@@H]2CCCN2C(=O)[C@H](CC(C)C)NC(=O)[C@H](C)C(=O)[C@H](C(C)C)OC(=O)C[C@@H]1O. The van der Waals surface area contributed by atoms with E-state index in [1.54, 1.807) is 52.0 Å². The lowest BCUT2D eigenvalue weighted by Crippen LogP contribution is -2.62. The number of ketones is 2. The van der Waals surface area contributed by atoms with Crippen molar-refractivity contribution in [3.8, 4) is 5.75 Å². The van der Waals surface area contributed by atoms with E-state index < -0.39 is 150 Å². The molecule has 1 aromatic rings. The average molecular weight is 1110 g/mol. The number of esters is 2. The van der Waals surface area contributed by atoms with Gasteiger partial charge in [-0.15, -0.1) is 0 Å². The normalized spacial score (nSPS) is 27.2. The van der Waals surface area contributed by atoms with Gasteiger partial charge in [-0.05, 0) is 93.7 Å². The first-order chi connectivity index (χ1) is 37.0. The molecule has 4 N–H and O–H groups in total. The Hall–Kier alpha value is -6.45. The number of aliphatic hydroxyl groups excluding tert-OH is 1. The summed E-state index contributed by atoms with van der Waals surface area (Å²) in [5.74, 6) is -11.3. The van der Waals surface area contributed by atoms with Crippen molar-refractivity contribution in [1.29, 1.82) is 0 Å². The molecule has 22 heteroatoms. The lowest BCUT2D eigenvalue weighted by Gasteiger charge is -2.36. The van der Waals surface area contributed by atoms with Crippen LogP contribution in [0.1, 0.15) is 133 Å². The van der Waals surface area contributed by atoms with Crippen molar-refractivity contribution in [2.24, 2.45) is 29.6 Å². The third-order valence-corrected chi connectivity index (χ3v) is 15.4. The third-order valence-electron chi connectivity index (χ3n) is 15.4. The highest BCUT2D eigenvalue weighted by atomic mass is 16.6. The molecule has 3 aliphatic heterocycles. The van der Waals surface area contributed by atoms with Crippen LogP contribution in [0.5, 0.6) is 5.75 Å². The number of Topliss-reactive ketones (excluding diaryl/α,β-unsaturated/α-hetero) is 2. The van der Waals surface area contributed by atoms with Crippen LogP contribution in [-0.2, 0) is 68.6 Å². The zero-order valence-electron chi connectivity index (χ0n) is 48.7. The molecule has 0 aromatic heterocycles. The molecular weight excluding hydrogens is 1020 g/mol. The molecule has 4 rings (SSSR count). The summed E-state index contributed by atoms with van der Waals surface area (Å²) in [5.41, 5.74) is 0.566. The summed E-state index contributed by atoms with van der Waals surface area (Å²) < 4.78 is 17.2. The molecule has 7 amide bonds. The molecule has 0 bridgehead atoms. The van der Waals surface area contributed by atoms with Crippen molar-refractivity contribution >= 4 is 64.9 Å². The van der Waals surface area contributed by atoms with E-state index in [1.807, 2.05) is 27.7 Å². The Bertz CT molecular complexity index is 2380. The maximum absolute atomic E-state index is 15.0. The summed E-state index contributed by atoms with van der Waals surface area (Å²) in [5, 5.41) is 20.1. The van der Waals surface area contributed by atoms with E-state index in [0.29, 0.717) is 30.6 Å². The van der Waals surface area contributed by atoms with Crippen molar-refractivity contribution in [1.82, 2.24) is 35.6 Å². The lowest BCUT2D eigenvalue weighted by molar-refractivity contribution is -0.163. The topological polar surface area (TPSA) is 285 Å². The maximum Gasteiger partial charge on any atom is 0.329 e. The van der Waals surface area contributed by atoms with Gasteiger partial charge in [-0.25, -0.2) is 4.79 Å². The van der Waals surface area contributed by atoms with Gasteiger partial charge in [0.25, 0.3) is 5.91 Å². The summed E-state index contributed by atoms with van der Waals surface area (Å²) >= 11 is 0. The van der Waals surface area contributed by atoms with E-state index in [0.717, 1.165) is 6.92 Å². The van der Waals surface area contributed by atoms with Crippen LogP contribution in [0.4, 0.5) is 0 Å². The van der Waals surface area contributed by atoms with Gasteiger partial charge >= 0.3 is 11.9 Å². The number of ether oxygens (including phenoxy) is 3. The number of hydrogen-bond acceptors (Lipinski definition) is 15. The molecule has 3 aliphatic rings. The largest absolute Gasteiger partial charge is 0.497 e. The number of hydrogen-bond donors (Lipinski definition) is 4. The van der Waals surface area contributed by atoms with Crippen molar-refractivity contribution in [3.05, 3.63) is 29.8 Å². The molecule has 12 atom stereocenters. The number of cyclic esters (lactones) is 2. The van der Waals surface area contributed by atoms with Crippen LogP contribution in [0.2, 0.25) is 0 Å². The minimum Gasteiger partial charge on any atom is -0.497 e. The highest BCUT2D eigenvalue weighted by Gasteiger charge is 2.46. The van der Waals surface area contributed by atoms with Crippen LogP contribution < -0.4 is 20.7 Å². The Morgan fingerprint density at radius 3 is 2.06 bits per heavy atom. The first-order valence-electron chi connectivity index (χ1n) is 27.9. The van der Waals surface area contributed by atoms with Gasteiger partial charge < -0.3 is 54.9 Å². The van der Waals surface area contributed by atoms with E-state index in [9.17, 15) is 57.8 Å². The monoisotopic (exact) mass is 1110 g/mol. The van der Waals surface area contributed by atoms with E-state index in [1.165, 1.54) is 54.7 Å². The number of likely N-dealkylation sites (N-methyl/N-ethyl adjacent to an activating group) is 2. The molecule has 1 aromatic carbocycles. The standard InChI is InChI=1S/C57H87N7O15/c1-15-33(8)46-44(66)29-45(67)79-49(32(6)7)48(68)34(9)50(69)58-39(26-30(2)3)54(73)64-25-17-19-41(64)56(75)62(13)43(28-37-20-22-38(77-14)23-21-37)57(76)78-36(11)47(52(71)59-46)60-51(70)42(27-31(4)5)61(12)55(74)40-18-16-24-63(40)53(72)35(10)65/h20-23,30-34,36,39-44,46-47,49,66H,15-19,24-29H2,1-14H3,(H,58,69)(H,59,71)(H,60,70)/t33-,34+,36+,39-,40-,41-,42+,43-,44-,46+,47-,49-/m0/s1. The zero-order chi connectivity index (χ0) is 59.3. The second kappa shape index (κ2) is 29.1. The Morgan fingerprint density at radius 2 is 1.49 bits per heavy atom. The molecule has 440 valence electrons. The number of likely N-dealkylation sites (tertiary alicyclic amines) is 1. The third kappa shape index (κ3) is 16.8. The Balaban J connectivity index is 1.89. The number of nitrogens with one attached hydrogen (secondary N) is 3. The van der Waals surface area contributed by atoms with E-state index >= 15 is 0 Å². The summed E-state index contributed by atoms with van der Waals surface area (Å²) in [6.07, 6.45) is -3.76. The maximum atomic E-state index is 15.0. The van der Waals surface area contributed by atoms with Gasteiger partial charge in [-0.1, -0.05) is 73.9 Å². The van der Waals surface area contributed by atoms with Crippen LogP contribution in [0.3, 0.4) is 0 Å². The smallest absolute Gasteiger partial charge is 0.329 e. The molecule has 3 saturated heterocycles. The van der Waals surface area contributed by atoms with Gasteiger partial charge in [0.1, 0.15) is 48.1 Å². The predicted molar refractivity (Wildman–Crippen MR) is 289 cm³/mol. The van der Waals surface area contributed by atoms with Gasteiger partial charge in [0.05, 0.1) is 31.6 Å². The van der Waals surface area contributed by atoms with Gasteiger partial charge in [0.15, 0.2) is 11.9 Å². The lowest BCUT2D eigenvalue weighted by atomic mass is 9.91. The fourth-order valence-corrected chi connectivity index (χ4v) is 10.5. The van der Waals surface area contributed by atoms with Gasteiger partial charge in [-0.2, -0.15) is 0 Å². The first-order valence-corrected chi connectivity index (χ1v) is 27.9. The highest BCUT2D eigenvalue weighted by Crippen LogP contribution is 2.27. The molecule has 0 spiro atoms. The Morgan fingerprint density at radius 1 is 0.861 bits per heavy atom. The number of rotatable bonds is 15. The van der Waals surface area contributed by atoms with Crippen LogP contribution in [-0.4, -0.2) is 184 Å². The number of nitrogens with zero attached hydrogens (tertiary/aromatic N) is 4. The molecule has 3 fully saturated rings. The first kappa shape index (κ1) is 65.1. The minimum absolute atomic E-state index is 0.0545. The summed E-state index contributed by atoms with van der Waals surface area (Å²) in [6.45, 7) is 18.1. The van der Waals surface area contributed by atoms with Crippen molar-refractivity contribution in [2.45, 2.75) is 195 Å². The summed E-state index contributed by atoms with van der Waals surface area (Å²) in [4.78, 5) is 160. The van der Waals surface area contributed by atoms with Crippen molar-refractivity contribution in [2.75, 3.05) is 34.3 Å². The number of benzene rings is 1. The van der Waals surface area contributed by atoms with Crippen LogP contribution in [0.25, 0.3) is 0 Å². The number of amides is 7. The van der Waals surface area contributed by atoms with Gasteiger partial charge in [0.2, 0.25) is 41.2 Å². The Kier molecular flexibility index (Phi) is 24.0. The highest BCUT2D eigenvalue weighted by molar-refractivity contribution is 6.35. The van der Waals surface area contributed by atoms with Crippen LogP contribution in [0.15, 0.2) is 24.3 Å². The summed E-state index contributed by atoms with van der Waals surface area (Å²) in [6, 6.07) is -2.32. The molecule has 0 aliphatic carbocycles. The Labute approximate surface area is 465 Å². The molecule has 3 heterocycles. The molecule has 0 radical (unpaired) electrons. The van der Waals surface area contributed by atoms with Crippen LogP contribution >= 0.6 is 0 Å². The molecular formula is C57H87N7O15. The average Bonchev–Trinajstić information content (AvgIpc) is 4.13.